The van der Waals surface area contributed by atoms with Crippen LogP contribution in [0.4, 0.5) is 5.82 Å². The van der Waals surface area contributed by atoms with Gasteiger partial charge in [0.25, 0.3) is 0 Å². The first-order valence-electron chi connectivity index (χ1n) is 14.5. The predicted octanol–water partition coefficient (Wildman–Crippen LogP) is 3.19. The molecule has 1 unspecified atom stereocenters. The van der Waals surface area contributed by atoms with Gasteiger partial charge in [-0.05, 0) is 56.5 Å². The minimum absolute atomic E-state index is 0.0307. The number of nitrogens with two attached hydrogens (primary N) is 1. The van der Waals surface area contributed by atoms with Gasteiger partial charge >= 0.3 is 0 Å². The lowest BCUT2D eigenvalue weighted by atomic mass is 10.0. The number of amides is 2. The van der Waals surface area contributed by atoms with Gasteiger partial charge in [-0.1, -0.05) is 44.0 Å². The topological polar surface area (TPSA) is 122 Å². The number of hydrogen-bond donors (Lipinski definition) is 3. The first-order chi connectivity index (χ1) is 19.4. The lowest BCUT2D eigenvalue weighted by Crippen LogP contribution is -2.40. The van der Waals surface area contributed by atoms with Crippen LogP contribution in [0.3, 0.4) is 0 Å². The summed E-state index contributed by atoms with van der Waals surface area (Å²) in [5.41, 5.74) is 9.77. The van der Waals surface area contributed by atoms with Crippen molar-refractivity contribution in [3.05, 3.63) is 57.7 Å². The van der Waals surface area contributed by atoms with E-state index in [9.17, 15) is 14.4 Å². The van der Waals surface area contributed by atoms with E-state index in [0.29, 0.717) is 41.4 Å². The number of nitrogens with one attached hydrogen (secondary N) is 2. The summed E-state index contributed by atoms with van der Waals surface area (Å²) >= 11 is 0. The minimum atomic E-state index is -0.249. The quantitative estimate of drug-likeness (QED) is 0.380. The summed E-state index contributed by atoms with van der Waals surface area (Å²) in [4.78, 5) is 45.5. The zero-order valence-corrected chi connectivity index (χ0v) is 23.5. The van der Waals surface area contributed by atoms with Gasteiger partial charge in [0, 0.05) is 36.8 Å². The van der Waals surface area contributed by atoms with E-state index in [0.717, 1.165) is 62.0 Å². The molecule has 3 heterocycles. The largest absolute Gasteiger partial charge is 0.385 e. The van der Waals surface area contributed by atoms with Crippen LogP contribution in [0.5, 0.6) is 0 Å². The Kier molecular flexibility index (Phi) is 8.49. The van der Waals surface area contributed by atoms with Crippen LogP contribution in [-0.2, 0) is 22.4 Å². The fourth-order valence-electron chi connectivity index (χ4n) is 6.28. The lowest BCUT2D eigenvalue weighted by Gasteiger charge is -2.23. The first-order valence-corrected chi connectivity index (χ1v) is 14.5. The highest BCUT2D eigenvalue weighted by atomic mass is 16.2. The van der Waals surface area contributed by atoms with Gasteiger partial charge in [0.1, 0.15) is 11.5 Å². The monoisotopic (exact) mass is 544 g/mol. The van der Waals surface area contributed by atoms with E-state index in [1.807, 2.05) is 34.9 Å². The Labute approximate surface area is 235 Å². The second-order valence-electron chi connectivity index (χ2n) is 11.0. The zero-order valence-electron chi connectivity index (χ0n) is 23.5. The Hall–Kier alpha value is -3.72. The zero-order chi connectivity index (χ0) is 28.2. The highest BCUT2D eigenvalue weighted by molar-refractivity contribution is 5.86. The van der Waals surface area contributed by atoms with Gasteiger partial charge in [-0.2, -0.15) is 0 Å². The van der Waals surface area contributed by atoms with E-state index in [2.05, 4.69) is 22.5 Å². The molecule has 1 saturated heterocycles. The molecule has 1 aliphatic carbocycles. The van der Waals surface area contributed by atoms with E-state index in [4.69, 9.17) is 10.7 Å². The molecule has 2 aromatic heterocycles. The summed E-state index contributed by atoms with van der Waals surface area (Å²) in [5.74, 6) is 0.114. The number of fused-ring (bicyclic) bond motifs is 1. The molecular weight excluding hydrogens is 504 g/mol. The highest BCUT2D eigenvalue weighted by Crippen LogP contribution is 2.35. The van der Waals surface area contributed by atoms with Crippen LogP contribution in [0.1, 0.15) is 62.6 Å². The smallest absolute Gasteiger partial charge is 0.224 e. The highest BCUT2D eigenvalue weighted by Gasteiger charge is 2.26. The summed E-state index contributed by atoms with van der Waals surface area (Å²) in [5, 5.41) is 6.17. The van der Waals surface area contributed by atoms with E-state index in [1.54, 1.807) is 13.1 Å². The molecule has 9 nitrogen and oxygen atoms in total. The molecule has 2 fully saturated rings. The Balaban J connectivity index is 1.38. The van der Waals surface area contributed by atoms with Crippen molar-refractivity contribution in [2.75, 3.05) is 32.4 Å². The number of aromatic nitrogens is 2. The van der Waals surface area contributed by atoms with Crippen molar-refractivity contribution >= 4 is 28.7 Å². The number of nitrogen functional groups attached to an aromatic ring is 1. The van der Waals surface area contributed by atoms with E-state index in [1.165, 1.54) is 6.42 Å². The minimum Gasteiger partial charge on any atom is -0.385 e. The van der Waals surface area contributed by atoms with Crippen molar-refractivity contribution < 1.29 is 9.59 Å². The van der Waals surface area contributed by atoms with Gasteiger partial charge in [-0.3, -0.25) is 19.3 Å². The maximum atomic E-state index is 13.4. The SMILES string of the molecule is CCN1CCCC1CNC(=O)Cc1ccc(-c2ccc3c(=O)c(CC(=O)NC)c(N)n(C4CCCC4)c3n2)cc1. The van der Waals surface area contributed by atoms with Crippen LogP contribution in [0.2, 0.25) is 0 Å². The van der Waals surface area contributed by atoms with Gasteiger partial charge in [0.05, 0.1) is 23.9 Å². The standard InChI is InChI=1S/C31H40N6O3/c1-3-36-16-6-9-23(36)19-34-28(39)17-20-10-12-21(13-11-20)26-15-14-24-29(40)25(18-27(38)33-2)30(32)37(31(24)35-26)22-7-4-5-8-22/h10-15,22-23H,3-9,16-19,32H2,1-2H3,(H,33,38)(H,34,39). The van der Waals surface area contributed by atoms with Crippen molar-refractivity contribution in [3.63, 3.8) is 0 Å². The average molecular weight is 545 g/mol. The Morgan fingerprint density at radius 1 is 1.00 bits per heavy atom. The average Bonchev–Trinajstić information content (AvgIpc) is 3.66. The third-order valence-electron chi connectivity index (χ3n) is 8.55. The second kappa shape index (κ2) is 12.2. The van der Waals surface area contributed by atoms with Gasteiger partial charge in [0.2, 0.25) is 11.8 Å². The number of anilines is 1. The van der Waals surface area contributed by atoms with E-state index in [-0.39, 0.29) is 29.7 Å². The molecule has 1 aliphatic heterocycles. The third-order valence-corrected chi connectivity index (χ3v) is 8.55. The van der Waals surface area contributed by atoms with Crippen LogP contribution < -0.4 is 21.8 Å². The molecule has 0 spiro atoms. The van der Waals surface area contributed by atoms with Crippen molar-refractivity contribution in [2.24, 2.45) is 0 Å². The summed E-state index contributed by atoms with van der Waals surface area (Å²) in [7, 11) is 1.55. The second-order valence-corrected chi connectivity index (χ2v) is 11.0. The normalized spacial score (nSPS) is 17.9. The molecule has 9 heteroatoms. The summed E-state index contributed by atoms with van der Waals surface area (Å²) in [6.07, 6.45) is 6.71. The molecule has 1 aromatic carbocycles. The van der Waals surface area contributed by atoms with E-state index >= 15 is 0 Å². The number of likely N-dealkylation sites (tertiary alicyclic amines) is 1. The number of pyridine rings is 2. The van der Waals surface area contributed by atoms with Crippen molar-refractivity contribution in [1.82, 2.24) is 25.1 Å². The number of carbonyl (C=O) groups is 2. The molecule has 5 rings (SSSR count). The molecule has 1 atom stereocenters. The fraction of sp³-hybridized carbons (Fsp3) is 0.484. The number of hydrogen-bond acceptors (Lipinski definition) is 6. The molecule has 3 aromatic rings. The summed E-state index contributed by atoms with van der Waals surface area (Å²) in [6.45, 7) is 5.00. The predicted molar refractivity (Wildman–Crippen MR) is 158 cm³/mol. The Morgan fingerprint density at radius 2 is 1.75 bits per heavy atom. The molecule has 1 saturated carbocycles. The van der Waals surface area contributed by atoms with Gasteiger partial charge in [0.15, 0.2) is 5.43 Å². The number of likely N-dealkylation sites (N-methyl/N-ethyl adjacent to an activating group) is 2. The van der Waals surface area contributed by atoms with Crippen LogP contribution in [-0.4, -0.2) is 59.0 Å². The van der Waals surface area contributed by atoms with Crippen molar-refractivity contribution in [2.45, 2.75) is 70.4 Å². The van der Waals surface area contributed by atoms with Crippen LogP contribution >= 0.6 is 0 Å². The molecule has 212 valence electrons. The molecule has 2 aliphatic rings. The van der Waals surface area contributed by atoms with Crippen molar-refractivity contribution in [1.29, 1.82) is 0 Å². The van der Waals surface area contributed by atoms with Crippen LogP contribution in [0.15, 0.2) is 41.2 Å². The van der Waals surface area contributed by atoms with Gasteiger partial charge < -0.3 is 20.9 Å². The molecule has 0 bridgehead atoms. The van der Waals surface area contributed by atoms with Crippen molar-refractivity contribution in [3.8, 4) is 11.3 Å². The molecule has 40 heavy (non-hydrogen) atoms. The van der Waals surface area contributed by atoms with Gasteiger partial charge in [-0.15, -0.1) is 0 Å². The summed E-state index contributed by atoms with van der Waals surface area (Å²) < 4.78 is 1.98. The van der Waals surface area contributed by atoms with Crippen LogP contribution in [0, 0.1) is 0 Å². The number of benzene rings is 1. The Bertz CT molecular complexity index is 1440. The molecule has 0 radical (unpaired) electrons. The molecule has 2 amide bonds. The lowest BCUT2D eigenvalue weighted by molar-refractivity contribution is -0.121. The third kappa shape index (κ3) is 5.75. The summed E-state index contributed by atoms with van der Waals surface area (Å²) in [6, 6.07) is 12.1. The maximum Gasteiger partial charge on any atom is 0.224 e. The number of carbonyl (C=O) groups excluding carboxylic acids is 2. The van der Waals surface area contributed by atoms with E-state index < -0.39 is 0 Å². The first kappa shape index (κ1) is 27.8. The Morgan fingerprint density at radius 3 is 2.45 bits per heavy atom. The molecular formula is C31H40N6O3. The fourth-order valence-corrected chi connectivity index (χ4v) is 6.28. The van der Waals surface area contributed by atoms with Gasteiger partial charge in [-0.25, -0.2) is 4.98 Å². The maximum absolute atomic E-state index is 13.4. The number of rotatable bonds is 9. The molecule has 4 N–H and O–H groups in total. The number of nitrogens with zero attached hydrogens (tertiary/aromatic N) is 3. The van der Waals surface area contributed by atoms with Crippen LogP contribution in [0.25, 0.3) is 22.3 Å².